The minimum absolute atomic E-state index is 0. The number of anilines is 1. The number of phenolic OH excluding ortho intramolecular Hbond substituents is 1. The Kier molecular flexibility index (Phi) is 7.73. The largest absolute Gasteiger partial charge is 0.508 e. The highest BCUT2D eigenvalue weighted by atomic mass is 127. The van der Waals surface area contributed by atoms with Crippen molar-refractivity contribution in [3.63, 3.8) is 0 Å². The molecule has 5 heteroatoms. The average molecular weight is 411 g/mol. The number of aliphatic imine (C=N–C) groups is 1. The fourth-order valence-corrected chi connectivity index (χ4v) is 2.07. The third-order valence-corrected chi connectivity index (χ3v) is 3.20. The number of aryl methyl sites for hydroxylation is 1. The van der Waals surface area contributed by atoms with Gasteiger partial charge in [0, 0.05) is 12.2 Å². The van der Waals surface area contributed by atoms with Crippen molar-refractivity contribution in [2.45, 2.75) is 19.8 Å². The van der Waals surface area contributed by atoms with Crippen LogP contribution in [0.1, 0.15) is 18.1 Å². The molecule has 0 aliphatic carbocycles. The molecule has 0 radical (unpaired) electrons. The molecule has 0 aromatic heterocycles. The van der Waals surface area contributed by atoms with Crippen LogP contribution in [0, 0.1) is 0 Å². The first-order valence-corrected chi connectivity index (χ1v) is 7.11. The Bertz CT molecular complexity index is 629. The topological polar surface area (TPSA) is 70.6 Å². The minimum atomic E-state index is 0. The van der Waals surface area contributed by atoms with E-state index in [1.165, 1.54) is 5.56 Å². The Morgan fingerprint density at radius 3 is 2.59 bits per heavy atom. The molecule has 2 aromatic rings. The molecular formula is C17H22IN3O. The van der Waals surface area contributed by atoms with Gasteiger partial charge >= 0.3 is 0 Å². The summed E-state index contributed by atoms with van der Waals surface area (Å²) in [6.45, 7) is 2.70. The van der Waals surface area contributed by atoms with Crippen molar-refractivity contribution < 1.29 is 5.11 Å². The molecule has 22 heavy (non-hydrogen) atoms. The van der Waals surface area contributed by atoms with Crippen LogP contribution in [0.5, 0.6) is 5.75 Å². The van der Waals surface area contributed by atoms with Gasteiger partial charge in [-0.15, -0.1) is 24.0 Å². The Morgan fingerprint density at radius 2 is 1.86 bits per heavy atom. The van der Waals surface area contributed by atoms with Gasteiger partial charge in [0.25, 0.3) is 0 Å². The monoisotopic (exact) mass is 411 g/mol. The molecule has 0 aliphatic rings. The predicted molar refractivity (Wildman–Crippen MR) is 103 cm³/mol. The lowest BCUT2D eigenvalue weighted by molar-refractivity contribution is 0.474. The molecule has 2 aromatic carbocycles. The fourth-order valence-electron chi connectivity index (χ4n) is 2.07. The maximum absolute atomic E-state index is 9.39. The molecule has 0 saturated heterocycles. The molecule has 0 bridgehead atoms. The van der Waals surface area contributed by atoms with Gasteiger partial charge in [-0.1, -0.05) is 31.2 Å². The number of phenols is 1. The molecule has 4 nitrogen and oxygen atoms in total. The summed E-state index contributed by atoms with van der Waals surface area (Å²) in [7, 11) is 0. The van der Waals surface area contributed by atoms with E-state index in [9.17, 15) is 5.11 Å². The van der Waals surface area contributed by atoms with E-state index in [0.29, 0.717) is 12.5 Å². The number of rotatable bonds is 5. The number of aromatic hydroxyl groups is 1. The summed E-state index contributed by atoms with van der Waals surface area (Å²) in [6.07, 6.45) is 1.73. The molecule has 0 heterocycles. The van der Waals surface area contributed by atoms with Gasteiger partial charge in [-0.3, -0.25) is 4.99 Å². The summed E-state index contributed by atoms with van der Waals surface area (Å²) in [5, 5.41) is 12.5. The summed E-state index contributed by atoms with van der Waals surface area (Å²) >= 11 is 0. The molecule has 0 atom stereocenters. The Balaban J connectivity index is 0.00000242. The van der Waals surface area contributed by atoms with Crippen LogP contribution in [0.3, 0.4) is 0 Å². The van der Waals surface area contributed by atoms with Gasteiger partial charge in [0.15, 0.2) is 5.96 Å². The van der Waals surface area contributed by atoms with Crippen LogP contribution in [0.15, 0.2) is 53.5 Å². The smallest absolute Gasteiger partial charge is 0.193 e. The standard InChI is InChI=1S/C17H21N3O.HI/c1-2-13-5-3-7-15(11-13)20-17(18)19-10-9-14-6-4-8-16(21)12-14;/h3-8,11-12,21H,2,9-10H2,1H3,(H3,18,19,20);1H. The van der Waals surface area contributed by atoms with Gasteiger partial charge in [0.2, 0.25) is 0 Å². The van der Waals surface area contributed by atoms with E-state index < -0.39 is 0 Å². The summed E-state index contributed by atoms with van der Waals surface area (Å²) in [5.41, 5.74) is 9.13. The third kappa shape index (κ3) is 5.93. The van der Waals surface area contributed by atoms with Crippen LogP contribution >= 0.6 is 24.0 Å². The first-order chi connectivity index (χ1) is 10.2. The van der Waals surface area contributed by atoms with Gasteiger partial charge in [0.1, 0.15) is 5.75 Å². The van der Waals surface area contributed by atoms with Gasteiger partial charge < -0.3 is 16.2 Å². The Labute approximate surface area is 148 Å². The lowest BCUT2D eigenvalue weighted by Gasteiger charge is -2.07. The highest BCUT2D eigenvalue weighted by molar-refractivity contribution is 14.0. The normalized spacial score (nSPS) is 10.9. The zero-order chi connectivity index (χ0) is 15.1. The Hall–Kier alpha value is -1.76. The van der Waals surface area contributed by atoms with E-state index in [1.54, 1.807) is 12.1 Å². The summed E-state index contributed by atoms with van der Waals surface area (Å²) in [5.74, 6) is 0.683. The van der Waals surface area contributed by atoms with Gasteiger partial charge in [-0.25, -0.2) is 0 Å². The number of hydrogen-bond donors (Lipinski definition) is 3. The van der Waals surface area contributed by atoms with Gasteiger partial charge in [-0.2, -0.15) is 0 Å². The second kappa shape index (κ2) is 9.30. The van der Waals surface area contributed by atoms with Crippen LogP contribution in [-0.2, 0) is 12.8 Å². The van der Waals surface area contributed by atoms with Crippen molar-refractivity contribution in [2.24, 2.45) is 10.7 Å². The van der Waals surface area contributed by atoms with Crippen molar-refractivity contribution in [3.8, 4) is 5.75 Å². The van der Waals surface area contributed by atoms with Crippen LogP contribution in [0.25, 0.3) is 0 Å². The molecular weight excluding hydrogens is 389 g/mol. The molecule has 2 rings (SSSR count). The summed E-state index contributed by atoms with van der Waals surface area (Å²) in [4.78, 5) is 4.30. The van der Waals surface area contributed by atoms with E-state index in [4.69, 9.17) is 5.73 Å². The number of guanidine groups is 1. The molecule has 0 fully saturated rings. The van der Waals surface area contributed by atoms with E-state index in [2.05, 4.69) is 29.4 Å². The van der Waals surface area contributed by atoms with Crippen LogP contribution in [0.4, 0.5) is 5.69 Å². The van der Waals surface area contributed by atoms with Gasteiger partial charge in [0.05, 0.1) is 0 Å². The second-order valence-electron chi connectivity index (χ2n) is 4.87. The van der Waals surface area contributed by atoms with E-state index in [1.807, 2.05) is 24.3 Å². The molecule has 0 spiro atoms. The lowest BCUT2D eigenvalue weighted by Crippen LogP contribution is -2.23. The molecule has 0 unspecified atom stereocenters. The molecule has 0 aliphatic heterocycles. The third-order valence-electron chi connectivity index (χ3n) is 3.20. The highest BCUT2D eigenvalue weighted by Gasteiger charge is 1.98. The van der Waals surface area contributed by atoms with Crippen LogP contribution in [0.2, 0.25) is 0 Å². The van der Waals surface area contributed by atoms with Crippen molar-refractivity contribution >= 4 is 35.6 Å². The van der Waals surface area contributed by atoms with Crippen molar-refractivity contribution in [1.29, 1.82) is 0 Å². The molecule has 0 amide bonds. The number of nitrogens with two attached hydrogens (primary N) is 1. The molecule has 0 saturated carbocycles. The zero-order valence-electron chi connectivity index (χ0n) is 12.6. The maximum Gasteiger partial charge on any atom is 0.193 e. The summed E-state index contributed by atoms with van der Waals surface area (Å²) < 4.78 is 0. The van der Waals surface area contributed by atoms with E-state index >= 15 is 0 Å². The fraction of sp³-hybridized carbons (Fsp3) is 0.235. The van der Waals surface area contributed by atoms with Crippen molar-refractivity contribution in [2.75, 3.05) is 11.9 Å². The SMILES string of the molecule is CCc1cccc(NC(N)=NCCc2cccc(O)c2)c1.I. The predicted octanol–water partition coefficient (Wildman–Crippen LogP) is 3.54. The highest BCUT2D eigenvalue weighted by Crippen LogP contribution is 2.12. The minimum Gasteiger partial charge on any atom is -0.508 e. The van der Waals surface area contributed by atoms with E-state index in [0.717, 1.165) is 24.1 Å². The quantitative estimate of drug-likeness (QED) is 0.401. The molecule has 4 N–H and O–H groups in total. The lowest BCUT2D eigenvalue weighted by atomic mass is 10.1. The number of nitrogens with zero attached hydrogens (tertiary/aromatic N) is 1. The van der Waals surface area contributed by atoms with Gasteiger partial charge in [-0.05, 0) is 48.2 Å². The number of nitrogens with one attached hydrogen (secondary N) is 1. The number of benzene rings is 2. The number of hydrogen-bond acceptors (Lipinski definition) is 2. The summed E-state index contributed by atoms with van der Waals surface area (Å²) in [6, 6.07) is 15.3. The molecule has 118 valence electrons. The van der Waals surface area contributed by atoms with Crippen LogP contribution < -0.4 is 11.1 Å². The number of halogens is 1. The first-order valence-electron chi connectivity index (χ1n) is 7.11. The maximum atomic E-state index is 9.39. The Morgan fingerprint density at radius 1 is 1.14 bits per heavy atom. The van der Waals surface area contributed by atoms with E-state index in [-0.39, 0.29) is 29.7 Å². The average Bonchev–Trinajstić information content (AvgIpc) is 2.47. The zero-order valence-corrected chi connectivity index (χ0v) is 15.0. The van der Waals surface area contributed by atoms with Crippen molar-refractivity contribution in [3.05, 3.63) is 59.7 Å². The second-order valence-corrected chi connectivity index (χ2v) is 4.87. The van der Waals surface area contributed by atoms with Crippen molar-refractivity contribution in [1.82, 2.24) is 0 Å². The van der Waals surface area contributed by atoms with Crippen LogP contribution in [-0.4, -0.2) is 17.6 Å². The first kappa shape index (κ1) is 18.3.